The molecule has 5 aromatic carbocycles. The van der Waals surface area contributed by atoms with E-state index in [0.29, 0.717) is 5.92 Å². The van der Waals surface area contributed by atoms with E-state index in [2.05, 4.69) is 153 Å². The third-order valence-corrected chi connectivity index (χ3v) is 12.0. The molecule has 0 spiro atoms. The van der Waals surface area contributed by atoms with Crippen molar-refractivity contribution in [3.05, 3.63) is 157 Å². The molecule has 240 valence electrons. The highest BCUT2D eigenvalue weighted by Gasteiger charge is 2.42. The molecule has 2 atom stereocenters. The van der Waals surface area contributed by atoms with Crippen LogP contribution in [0, 0.1) is 0 Å². The van der Waals surface area contributed by atoms with E-state index in [9.17, 15) is 0 Å². The SMILES string of the molecule is C=C1CC2C(CCc3cc4c(cc3-c3cccc[n+]31)c1cc3oc5ccccc5c3c3c5ccccc5n4c13)c1ccccc1-c1cccc[n+]12. The monoisotopic (exact) mass is 655 g/mol. The van der Waals surface area contributed by atoms with Crippen LogP contribution in [-0.2, 0) is 6.42 Å². The van der Waals surface area contributed by atoms with Crippen molar-refractivity contribution in [2.24, 2.45) is 0 Å². The van der Waals surface area contributed by atoms with Gasteiger partial charge in [0.2, 0.25) is 11.4 Å². The molecule has 0 amide bonds. The maximum absolute atomic E-state index is 6.59. The van der Waals surface area contributed by atoms with E-state index in [1.54, 1.807) is 0 Å². The number of aromatic nitrogens is 3. The highest BCUT2D eigenvalue weighted by molar-refractivity contribution is 6.34. The molecule has 7 heterocycles. The first kappa shape index (κ1) is 27.5. The number of rotatable bonds is 0. The van der Waals surface area contributed by atoms with Gasteiger partial charge in [-0.25, -0.2) is 0 Å². The van der Waals surface area contributed by atoms with E-state index in [4.69, 9.17) is 11.0 Å². The van der Waals surface area contributed by atoms with Crippen LogP contribution >= 0.6 is 0 Å². The van der Waals surface area contributed by atoms with Crippen LogP contribution in [0.25, 0.3) is 88.2 Å². The van der Waals surface area contributed by atoms with Gasteiger partial charge in [0, 0.05) is 68.1 Å². The Morgan fingerprint density at radius 3 is 2.35 bits per heavy atom. The van der Waals surface area contributed by atoms with Gasteiger partial charge < -0.3 is 8.82 Å². The molecule has 0 aliphatic carbocycles. The van der Waals surface area contributed by atoms with Crippen molar-refractivity contribution in [2.75, 3.05) is 0 Å². The van der Waals surface area contributed by atoms with E-state index in [0.717, 1.165) is 36.1 Å². The zero-order valence-electron chi connectivity index (χ0n) is 28.0. The lowest BCUT2D eigenvalue weighted by Crippen LogP contribution is -2.49. The molecule has 2 unspecified atom stereocenters. The Bertz CT molecular complexity index is 3110. The Morgan fingerprint density at radius 2 is 1.41 bits per heavy atom. The number of benzene rings is 5. The van der Waals surface area contributed by atoms with Crippen molar-refractivity contribution in [2.45, 2.75) is 31.2 Å². The number of fused-ring (bicyclic) bond motifs is 19. The first-order chi connectivity index (χ1) is 25.2. The topological polar surface area (TPSA) is 25.3 Å². The molecule has 0 N–H and O–H groups in total. The predicted octanol–water partition coefficient (Wildman–Crippen LogP) is 10.8. The maximum Gasteiger partial charge on any atom is 0.218 e. The highest BCUT2D eigenvalue weighted by Crippen LogP contribution is 2.48. The Morgan fingerprint density at radius 1 is 0.627 bits per heavy atom. The summed E-state index contributed by atoms with van der Waals surface area (Å²) in [6, 6.07) is 47.1. The standard InChI is InChI=1S/C47H33N3O/c1-28-24-41-32(30-12-2-3-13-31(30)38-16-9-11-23-49(38)41)21-20-29-25-42-36(26-35(29)39-17-8-10-22-48(28)39)37-27-44-45(34-15-5-7-19-43(34)51-44)46-33-14-4-6-18-40(33)50(42)47(37)46/h2-19,22-23,25-27,32,41H,1,20-21,24H2/q+2. The molecule has 0 saturated carbocycles. The minimum absolute atomic E-state index is 0.266. The lowest BCUT2D eigenvalue weighted by molar-refractivity contribution is -0.720. The zero-order chi connectivity index (χ0) is 33.4. The van der Waals surface area contributed by atoms with Gasteiger partial charge in [0.15, 0.2) is 24.1 Å². The summed E-state index contributed by atoms with van der Waals surface area (Å²) in [5.41, 5.74) is 14.7. The summed E-state index contributed by atoms with van der Waals surface area (Å²) in [5.74, 6) is 0.348. The van der Waals surface area contributed by atoms with Gasteiger partial charge in [0.05, 0.1) is 28.5 Å². The minimum atomic E-state index is 0.266. The highest BCUT2D eigenvalue weighted by atomic mass is 16.3. The van der Waals surface area contributed by atoms with Gasteiger partial charge >= 0.3 is 0 Å². The molecule has 2 aliphatic rings. The molecule has 4 nitrogen and oxygen atoms in total. The zero-order valence-corrected chi connectivity index (χ0v) is 28.0. The second-order valence-electron chi connectivity index (χ2n) is 14.5. The van der Waals surface area contributed by atoms with Gasteiger partial charge in [0.1, 0.15) is 11.2 Å². The lowest BCUT2D eigenvalue weighted by Gasteiger charge is -2.31. The summed E-state index contributed by atoms with van der Waals surface area (Å²) in [6.07, 6.45) is 7.35. The van der Waals surface area contributed by atoms with Crippen molar-refractivity contribution in [3.63, 3.8) is 0 Å². The molecular formula is C47H33N3O+2. The Balaban J connectivity index is 1.17. The summed E-state index contributed by atoms with van der Waals surface area (Å²) in [6.45, 7) is 4.77. The van der Waals surface area contributed by atoms with Gasteiger partial charge in [0.25, 0.3) is 0 Å². The van der Waals surface area contributed by atoms with Crippen molar-refractivity contribution in [1.29, 1.82) is 0 Å². The van der Waals surface area contributed by atoms with Gasteiger partial charge in [-0.15, -0.1) is 0 Å². The number of allylic oxidation sites excluding steroid dienone is 1. The molecule has 0 saturated heterocycles. The quantitative estimate of drug-likeness (QED) is 0.149. The predicted molar refractivity (Wildman–Crippen MR) is 206 cm³/mol. The molecule has 51 heavy (non-hydrogen) atoms. The first-order valence-electron chi connectivity index (χ1n) is 18.1. The van der Waals surface area contributed by atoms with Crippen LogP contribution in [0.3, 0.4) is 0 Å². The second-order valence-corrected chi connectivity index (χ2v) is 14.5. The summed E-state index contributed by atoms with van der Waals surface area (Å²) < 4.78 is 14.0. The average Bonchev–Trinajstić information content (AvgIpc) is 3.83. The van der Waals surface area contributed by atoms with Gasteiger partial charge in [-0.2, -0.15) is 9.13 Å². The second kappa shape index (κ2) is 9.92. The number of para-hydroxylation sites is 2. The third kappa shape index (κ3) is 3.59. The van der Waals surface area contributed by atoms with Gasteiger partial charge in [-0.3, -0.25) is 0 Å². The summed E-state index contributed by atoms with van der Waals surface area (Å²) in [4.78, 5) is 0. The number of pyridine rings is 2. The number of furan rings is 1. The van der Waals surface area contributed by atoms with Crippen LogP contribution in [0.15, 0.2) is 151 Å². The smallest absolute Gasteiger partial charge is 0.218 e. The fourth-order valence-electron chi connectivity index (χ4n) is 9.91. The summed E-state index contributed by atoms with van der Waals surface area (Å²) >= 11 is 0. The molecule has 12 rings (SSSR count). The molecule has 0 bridgehead atoms. The first-order valence-corrected chi connectivity index (χ1v) is 18.1. The van der Waals surface area contributed by atoms with E-state index < -0.39 is 0 Å². The Hall–Kier alpha value is -6.26. The number of nitrogens with zero attached hydrogens (tertiary/aromatic N) is 3. The lowest BCUT2D eigenvalue weighted by atomic mass is 9.77. The largest absolute Gasteiger partial charge is 0.456 e. The van der Waals surface area contributed by atoms with Crippen LogP contribution < -0.4 is 9.13 Å². The molecule has 10 aromatic rings. The maximum atomic E-state index is 6.59. The summed E-state index contributed by atoms with van der Waals surface area (Å²) in [7, 11) is 0. The third-order valence-electron chi connectivity index (χ3n) is 12.0. The van der Waals surface area contributed by atoms with E-state index in [-0.39, 0.29) is 6.04 Å². The van der Waals surface area contributed by atoms with Crippen LogP contribution in [0.4, 0.5) is 0 Å². The molecule has 0 fully saturated rings. The minimum Gasteiger partial charge on any atom is -0.456 e. The van der Waals surface area contributed by atoms with E-state index in [1.165, 1.54) is 82.5 Å². The van der Waals surface area contributed by atoms with Gasteiger partial charge in [-0.05, 0) is 79.1 Å². The molecule has 0 radical (unpaired) electrons. The number of hydrogen-bond donors (Lipinski definition) is 0. The molecule has 4 heteroatoms. The summed E-state index contributed by atoms with van der Waals surface area (Å²) in [5, 5.41) is 7.41. The van der Waals surface area contributed by atoms with E-state index in [1.807, 2.05) is 0 Å². The van der Waals surface area contributed by atoms with Crippen LogP contribution in [0.5, 0.6) is 0 Å². The van der Waals surface area contributed by atoms with Crippen LogP contribution in [0.1, 0.15) is 35.9 Å². The normalized spacial score (nSPS) is 17.2. The fourth-order valence-corrected chi connectivity index (χ4v) is 9.91. The van der Waals surface area contributed by atoms with Crippen molar-refractivity contribution < 1.29 is 13.6 Å². The molecular weight excluding hydrogens is 623 g/mol. The Labute approximate surface area is 294 Å². The van der Waals surface area contributed by atoms with Gasteiger partial charge in [-0.1, -0.05) is 54.6 Å². The van der Waals surface area contributed by atoms with Crippen LogP contribution in [0.2, 0.25) is 0 Å². The van der Waals surface area contributed by atoms with Crippen molar-refractivity contribution >= 4 is 65.7 Å². The average molecular weight is 656 g/mol. The fraction of sp³-hybridized carbons (Fsp3) is 0.106. The molecule has 2 aliphatic heterocycles. The van der Waals surface area contributed by atoms with Crippen LogP contribution in [-0.4, -0.2) is 4.40 Å². The number of hydrogen-bond acceptors (Lipinski definition) is 1. The van der Waals surface area contributed by atoms with Crippen molar-refractivity contribution in [1.82, 2.24) is 4.40 Å². The molecule has 5 aromatic heterocycles. The van der Waals surface area contributed by atoms with E-state index >= 15 is 0 Å². The number of aryl methyl sites for hydroxylation is 1. The van der Waals surface area contributed by atoms with Crippen molar-refractivity contribution in [3.8, 4) is 22.5 Å². The Kier molecular flexibility index (Phi) is 5.36.